The van der Waals surface area contributed by atoms with Crippen molar-refractivity contribution < 1.29 is 9.84 Å². The smallest absolute Gasteiger partial charge is 0.120 e. The predicted molar refractivity (Wildman–Crippen MR) is 76.7 cm³/mol. The van der Waals surface area contributed by atoms with E-state index in [0.717, 1.165) is 24.4 Å². The first-order valence-electron chi connectivity index (χ1n) is 7.08. The van der Waals surface area contributed by atoms with E-state index in [1.165, 1.54) is 32.4 Å². The highest BCUT2D eigenvalue weighted by Gasteiger charge is 2.09. The molecule has 1 aliphatic heterocycles. The highest BCUT2D eigenvalue weighted by Crippen LogP contribution is 2.22. The Morgan fingerprint density at radius 2 is 2.05 bits per heavy atom. The molecule has 0 bridgehead atoms. The minimum atomic E-state index is 0.325. The van der Waals surface area contributed by atoms with Gasteiger partial charge < -0.3 is 20.1 Å². The zero-order valence-corrected chi connectivity index (χ0v) is 11.7. The van der Waals surface area contributed by atoms with Crippen LogP contribution in [0.1, 0.15) is 24.8 Å². The molecule has 1 aromatic rings. The number of likely N-dealkylation sites (tertiary alicyclic amines) is 1. The number of methoxy groups -OCH3 is 1. The van der Waals surface area contributed by atoms with Gasteiger partial charge >= 0.3 is 0 Å². The van der Waals surface area contributed by atoms with Crippen LogP contribution in [0.3, 0.4) is 0 Å². The summed E-state index contributed by atoms with van der Waals surface area (Å²) < 4.78 is 5.16. The summed E-state index contributed by atoms with van der Waals surface area (Å²) in [6.07, 6.45) is 4.04. The van der Waals surface area contributed by atoms with E-state index in [1.807, 2.05) is 6.07 Å². The van der Waals surface area contributed by atoms with Gasteiger partial charge in [0, 0.05) is 25.2 Å². The number of nitrogens with zero attached hydrogens (tertiary/aromatic N) is 1. The molecule has 0 amide bonds. The van der Waals surface area contributed by atoms with Crippen LogP contribution in [0.5, 0.6) is 11.5 Å². The molecule has 2 rings (SSSR count). The lowest BCUT2D eigenvalue weighted by atomic mass is 10.1. The fourth-order valence-corrected chi connectivity index (χ4v) is 2.47. The molecule has 1 fully saturated rings. The maximum Gasteiger partial charge on any atom is 0.120 e. The van der Waals surface area contributed by atoms with Crippen molar-refractivity contribution in [1.29, 1.82) is 0 Å². The molecule has 0 aromatic heterocycles. The number of ether oxygens (including phenoxy) is 1. The Bertz CT molecular complexity index is 390. The van der Waals surface area contributed by atoms with Crippen LogP contribution < -0.4 is 10.1 Å². The maximum atomic E-state index is 9.77. The molecule has 1 saturated heterocycles. The van der Waals surface area contributed by atoms with Gasteiger partial charge in [0.15, 0.2) is 0 Å². The van der Waals surface area contributed by atoms with Crippen LogP contribution in [-0.4, -0.2) is 43.3 Å². The van der Waals surface area contributed by atoms with Crippen molar-refractivity contribution in [3.8, 4) is 11.5 Å². The third-order valence-corrected chi connectivity index (χ3v) is 3.66. The lowest BCUT2D eigenvalue weighted by molar-refractivity contribution is 0.229. The Morgan fingerprint density at radius 3 is 2.79 bits per heavy atom. The second kappa shape index (κ2) is 7.36. The van der Waals surface area contributed by atoms with Crippen LogP contribution in [0, 0.1) is 0 Å². The number of aromatic hydroxyl groups is 1. The molecule has 1 heterocycles. The first-order chi connectivity index (χ1) is 9.29. The van der Waals surface area contributed by atoms with Gasteiger partial charge in [0.2, 0.25) is 0 Å². The molecule has 1 aliphatic rings. The molecule has 0 unspecified atom stereocenters. The number of phenols is 1. The van der Waals surface area contributed by atoms with Gasteiger partial charge in [0.05, 0.1) is 7.11 Å². The average Bonchev–Trinajstić information content (AvgIpc) is 2.46. The highest BCUT2D eigenvalue weighted by molar-refractivity contribution is 5.39. The summed E-state index contributed by atoms with van der Waals surface area (Å²) in [5, 5.41) is 13.2. The monoisotopic (exact) mass is 264 g/mol. The van der Waals surface area contributed by atoms with Crippen LogP contribution in [-0.2, 0) is 6.54 Å². The number of benzene rings is 1. The molecule has 0 atom stereocenters. The van der Waals surface area contributed by atoms with Gasteiger partial charge in [-0.15, -0.1) is 0 Å². The Hall–Kier alpha value is -1.26. The Kier molecular flexibility index (Phi) is 5.48. The van der Waals surface area contributed by atoms with Crippen LogP contribution in [0.2, 0.25) is 0 Å². The third kappa shape index (κ3) is 4.40. The number of rotatable bonds is 6. The van der Waals surface area contributed by atoms with Crippen LogP contribution >= 0.6 is 0 Å². The zero-order valence-electron chi connectivity index (χ0n) is 11.7. The number of phenolic OH excluding ortho intramolecular Hbond substituents is 1. The standard InChI is InChI=1S/C15H24N2O2/c1-19-14-5-6-15(18)13(11-14)12-16-7-10-17-8-3-2-4-9-17/h5-6,11,16,18H,2-4,7-10,12H2,1H3. The van der Waals surface area contributed by atoms with Gasteiger partial charge in [0.1, 0.15) is 11.5 Å². The SMILES string of the molecule is COc1ccc(O)c(CNCCN2CCCCC2)c1. The molecular weight excluding hydrogens is 240 g/mol. The number of hydrogen-bond donors (Lipinski definition) is 2. The highest BCUT2D eigenvalue weighted by atomic mass is 16.5. The molecule has 0 radical (unpaired) electrons. The van der Waals surface area contributed by atoms with E-state index < -0.39 is 0 Å². The van der Waals surface area contributed by atoms with Crippen molar-refractivity contribution in [2.24, 2.45) is 0 Å². The summed E-state index contributed by atoms with van der Waals surface area (Å²) in [5.41, 5.74) is 0.887. The number of hydrogen-bond acceptors (Lipinski definition) is 4. The van der Waals surface area contributed by atoms with E-state index in [-0.39, 0.29) is 0 Å². The molecule has 106 valence electrons. The fourth-order valence-electron chi connectivity index (χ4n) is 2.47. The van der Waals surface area contributed by atoms with Gasteiger partial charge in [0.25, 0.3) is 0 Å². The van der Waals surface area contributed by atoms with Crippen LogP contribution in [0.25, 0.3) is 0 Å². The molecule has 0 saturated carbocycles. The first kappa shape index (κ1) is 14.2. The van der Waals surface area contributed by atoms with Crippen LogP contribution in [0.4, 0.5) is 0 Å². The quantitative estimate of drug-likeness (QED) is 0.771. The van der Waals surface area contributed by atoms with Gasteiger partial charge in [-0.2, -0.15) is 0 Å². The summed E-state index contributed by atoms with van der Waals surface area (Å²) in [6, 6.07) is 5.33. The summed E-state index contributed by atoms with van der Waals surface area (Å²) in [4.78, 5) is 2.50. The topological polar surface area (TPSA) is 44.7 Å². The van der Waals surface area contributed by atoms with Gasteiger partial charge in [-0.3, -0.25) is 0 Å². The van der Waals surface area contributed by atoms with Gasteiger partial charge in [-0.05, 0) is 44.1 Å². The minimum absolute atomic E-state index is 0.325. The van der Waals surface area contributed by atoms with Crippen molar-refractivity contribution in [1.82, 2.24) is 10.2 Å². The van der Waals surface area contributed by atoms with Crippen molar-refractivity contribution in [3.63, 3.8) is 0 Å². The van der Waals surface area contributed by atoms with E-state index >= 15 is 0 Å². The molecule has 1 aromatic carbocycles. The molecule has 4 heteroatoms. The average molecular weight is 264 g/mol. The number of nitrogens with one attached hydrogen (secondary N) is 1. The van der Waals surface area contributed by atoms with Crippen molar-refractivity contribution in [2.45, 2.75) is 25.8 Å². The maximum absolute atomic E-state index is 9.77. The fraction of sp³-hybridized carbons (Fsp3) is 0.600. The minimum Gasteiger partial charge on any atom is -0.508 e. The van der Waals surface area contributed by atoms with E-state index in [2.05, 4.69) is 10.2 Å². The first-order valence-corrected chi connectivity index (χ1v) is 7.08. The van der Waals surface area contributed by atoms with Gasteiger partial charge in [-0.1, -0.05) is 6.42 Å². The Morgan fingerprint density at radius 1 is 1.26 bits per heavy atom. The largest absolute Gasteiger partial charge is 0.508 e. The Balaban J connectivity index is 1.72. The molecule has 4 nitrogen and oxygen atoms in total. The molecule has 2 N–H and O–H groups in total. The van der Waals surface area contributed by atoms with E-state index in [1.54, 1.807) is 19.2 Å². The van der Waals surface area contributed by atoms with E-state index in [9.17, 15) is 5.11 Å². The summed E-state index contributed by atoms with van der Waals surface area (Å²) in [6.45, 7) is 5.18. The lowest BCUT2D eigenvalue weighted by Gasteiger charge is -2.26. The van der Waals surface area contributed by atoms with E-state index in [4.69, 9.17) is 4.74 Å². The second-order valence-corrected chi connectivity index (χ2v) is 5.07. The summed E-state index contributed by atoms with van der Waals surface area (Å²) >= 11 is 0. The van der Waals surface area contributed by atoms with Crippen molar-refractivity contribution in [3.05, 3.63) is 23.8 Å². The second-order valence-electron chi connectivity index (χ2n) is 5.07. The van der Waals surface area contributed by atoms with Crippen molar-refractivity contribution >= 4 is 0 Å². The van der Waals surface area contributed by atoms with Crippen LogP contribution in [0.15, 0.2) is 18.2 Å². The zero-order chi connectivity index (χ0) is 13.5. The molecule has 0 aliphatic carbocycles. The van der Waals surface area contributed by atoms with E-state index in [0.29, 0.717) is 12.3 Å². The lowest BCUT2D eigenvalue weighted by Crippen LogP contribution is -2.35. The number of piperidine rings is 1. The Labute approximate surface area is 115 Å². The van der Waals surface area contributed by atoms with Crippen molar-refractivity contribution in [2.75, 3.05) is 33.3 Å². The third-order valence-electron chi connectivity index (χ3n) is 3.66. The molecular formula is C15H24N2O2. The normalized spacial score (nSPS) is 16.5. The molecule has 19 heavy (non-hydrogen) atoms. The van der Waals surface area contributed by atoms with Gasteiger partial charge in [-0.25, -0.2) is 0 Å². The summed E-state index contributed by atoms with van der Waals surface area (Å²) in [5.74, 6) is 1.11. The predicted octanol–water partition coefficient (Wildman–Crippen LogP) is 1.98. The summed E-state index contributed by atoms with van der Waals surface area (Å²) in [7, 11) is 1.64. The molecule has 0 spiro atoms.